The molecule has 2 aromatic rings. The van der Waals surface area contributed by atoms with Gasteiger partial charge in [0.2, 0.25) is 0 Å². The monoisotopic (exact) mass is 257 g/mol. The van der Waals surface area contributed by atoms with Crippen molar-refractivity contribution in [1.29, 1.82) is 0 Å². The Hall–Kier alpha value is -2.10. The minimum Gasteiger partial charge on any atom is -0.348 e. The fourth-order valence-electron chi connectivity index (χ4n) is 1.97. The Labute approximate surface area is 113 Å². The third-order valence-corrected chi connectivity index (χ3v) is 2.94. The summed E-state index contributed by atoms with van der Waals surface area (Å²) in [4.78, 5) is 12.0. The highest BCUT2D eigenvalue weighted by Crippen LogP contribution is 2.07. The first-order valence-corrected chi connectivity index (χ1v) is 6.62. The lowest BCUT2D eigenvalue weighted by atomic mass is 10.2. The molecule has 0 fully saturated rings. The van der Waals surface area contributed by atoms with Crippen molar-refractivity contribution in [3.63, 3.8) is 0 Å². The highest BCUT2D eigenvalue weighted by molar-refractivity contribution is 5.92. The highest BCUT2D eigenvalue weighted by Gasteiger charge is 2.12. The van der Waals surface area contributed by atoms with E-state index in [-0.39, 0.29) is 11.9 Å². The molecule has 19 heavy (non-hydrogen) atoms. The standard InChI is InChI=1S/C15H19N3O/c1-3-7-12(2)16-15(19)14-10-11-18(17-14)13-8-5-4-6-9-13/h4-6,8-12H,3,7H2,1-2H3,(H,16,19). The molecular formula is C15H19N3O. The van der Waals surface area contributed by atoms with E-state index in [2.05, 4.69) is 17.3 Å². The van der Waals surface area contributed by atoms with Gasteiger partial charge < -0.3 is 5.32 Å². The first-order valence-electron chi connectivity index (χ1n) is 6.62. The Bertz CT molecular complexity index is 533. The van der Waals surface area contributed by atoms with Gasteiger partial charge in [0.05, 0.1) is 5.69 Å². The van der Waals surface area contributed by atoms with Gasteiger partial charge in [-0.15, -0.1) is 0 Å². The molecule has 0 spiro atoms. The Morgan fingerprint density at radius 2 is 2.05 bits per heavy atom. The molecule has 4 heteroatoms. The van der Waals surface area contributed by atoms with Crippen LogP contribution in [0.4, 0.5) is 0 Å². The summed E-state index contributed by atoms with van der Waals surface area (Å²) in [5.74, 6) is -0.115. The number of hydrogen-bond donors (Lipinski definition) is 1. The first kappa shape index (κ1) is 13.3. The predicted octanol–water partition coefficient (Wildman–Crippen LogP) is 2.79. The second-order valence-electron chi connectivity index (χ2n) is 4.64. The zero-order chi connectivity index (χ0) is 13.7. The molecule has 4 nitrogen and oxygen atoms in total. The van der Waals surface area contributed by atoms with Gasteiger partial charge in [0, 0.05) is 12.2 Å². The second-order valence-corrected chi connectivity index (χ2v) is 4.64. The number of aromatic nitrogens is 2. The molecule has 0 radical (unpaired) electrons. The van der Waals surface area contributed by atoms with Crippen molar-refractivity contribution >= 4 is 5.91 Å². The van der Waals surface area contributed by atoms with Gasteiger partial charge in [0.25, 0.3) is 5.91 Å². The molecule has 1 atom stereocenters. The van der Waals surface area contributed by atoms with Gasteiger partial charge in [0.15, 0.2) is 5.69 Å². The predicted molar refractivity (Wildman–Crippen MR) is 75.4 cm³/mol. The summed E-state index contributed by atoms with van der Waals surface area (Å²) in [5.41, 5.74) is 1.40. The van der Waals surface area contributed by atoms with Crippen LogP contribution in [0.25, 0.3) is 5.69 Å². The number of nitrogens with one attached hydrogen (secondary N) is 1. The largest absolute Gasteiger partial charge is 0.348 e. The van der Waals surface area contributed by atoms with Crippen LogP contribution in [0, 0.1) is 0 Å². The third kappa shape index (κ3) is 3.44. The Balaban J connectivity index is 2.07. The minimum atomic E-state index is -0.115. The lowest BCUT2D eigenvalue weighted by Gasteiger charge is -2.11. The first-order chi connectivity index (χ1) is 9.20. The van der Waals surface area contributed by atoms with E-state index in [1.54, 1.807) is 16.9 Å². The topological polar surface area (TPSA) is 46.9 Å². The van der Waals surface area contributed by atoms with E-state index in [0.29, 0.717) is 5.69 Å². The molecule has 0 aliphatic rings. The Morgan fingerprint density at radius 1 is 1.32 bits per heavy atom. The van der Waals surface area contributed by atoms with Crippen LogP contribution in [-0.4, -0.2) is 21.7 Å². The summed E-state index contributed by atoms with van der Waals surface area (Å²) in [6, 6.07) is 11.7. The average molecular weight is 257 g/mol. The van der Waals surface area contributed by atoms with Crippen molar-refractivity contribution in [3.05, 3.63) is 48.3 Å². The lowest BCUT2D eigenvalue weighted by molar-refractivity contribution is 0.0933. The van der Waals surface area contributed by atoms with Gasteiger partial charge in [0.1, 0.15) is 0 Å². The molecule has 1 N–H and O–H groups in total. The number of rotatable bonds is 5. The third-order valence-electron chi connectivity index (χ3n) is 2.94. The van der Waals surface area contributed by atoms with E-state index < -0.39 is 0 Å². The zero-order valence-corrected chi connectivity index (χ0v) is 11.3. The quantitative estimate of drug-likeness (QED) is 0.895. The minimum absolute atomic E-state index is 0.115. The van der Waals surface area contributed by atoms with E-state index in [1.165, 1.54) is 0 Å². The fourth-order valence-corrected chi connectivity index (χ4v) is 1.97. The van der Waals surface area contributed by atoms with Crippen molar-refractivity contribution in [3.8, 4) is 5.69 Å². The summed E-state index contributed by atoms with van der Waals surface area (Å²) < 4.78 is 1.71. The second kappa shape index (κ2) is 6.18. The lowest BCUT2D eigenvalue weighted by Crippen LogP contribution is -2.32. The summed E-state index contributed by atoms with van der Waals surface area (Å²) in [6.45, 7) is 4.11. The van der Waals surface area contributed by atoms with Crippen LogP contribution >= 0.6 is 0 Å². The molecule has 100 valence electrons. The van der Waals surface area contributed by atoms with Crippen LogP contribution in [0.3, 0.4) is 0 Å². The summed E-state index contributed by atoms with van der Waals surface area (Å²) in [7, 11) is 0. The van der Waals surface area contributed by atoms with Crippen LogP contribution in [0.1, 0.15) is 37.2 Å². The molecule has 1 aromatic carbocycles. The smallest absolute Gasteiger partial charge is 0.271 e. The molecule has 0 saturated heterocycles. The Morgan fingerprint density at radius 3 is 2.74 bits per heavy atom. The summed E-state index contributed by atoms with van der Waals surface area (Å²) in [6.07, 6.45) is 3.83. The number of hydrogen-bond acceptors (Lipinski definition) is 2. The maximum absolute atomic E-state index is 12.0. The summed E-state index contributed by atoms with van der Waals surface area (Å²) >= 11 is 0. The van der Waals surface area contributed by atoms with E-state index in [1.807, 2.05) is 37.3 Å². The molecule has 1 heterocycles. The number of amides is 1. The molecule has 1 unspecified atom stereocenters. The molecule has 1 amide bonds. The van der Waals surface area contributed by atoms with Crippen molar-refractivity contribution < 1.29 is 4.79 Å². The van der Waals surface area contributed by atoms with Gasteiger partial charge >= 0.3 is 0 Å². The fraction of sp³-hybridized carbons (Fsp3) is 0.333. The van der Waals surface area contributed by atoms with Gasteiger partial charge in [-0.05, 0) is 31.5 Å². The molecule has 0 saturated carbocycles. The van der Waals surface area contributed by atoms with Gasteiger partial charge in [-0.1, -0.05) is 31.5 Å². The molecular weight excluding hydrogens is 238 g/mol. The van der Waals surface area contributed by atoms with E-state index in [0.717, 1.165) is 18.5 Å². The number of nitrogens with zero attached hydrogens (tertiary/aromatic N) is 2. The molecule has 1 aromatic heterocycles. The van der Waals surface area contributed by atoms with E-state index in [4.69, 9.17) is 0 Å². The Kier molecular flexibility index (Phi) is 4.34. The molecule has 0 bridgehead atoms. The van der Waals surface area contributed by atoms with Crippen LogP contribution in [0.5, 0.6) is 0 Å². The SMILES string of the molecule is CCCC(C)NC(=O)c1ccn(-c2ccccc2)n1. The average Bonchev–Trinajstić information content (AvgIpc) is 2.89. The van der Waals surface area contributed by atoms with Crippen LogP contribution < -0.4 is 5.32 Å². The van der Waals surface area contributed by atoms with E-state index >= 15 is 0 Å². The number of carbonyl (C=O) groups excluding carboxylic acids is 1. The van der Waals surface area contributed by atoms with Crippen molar-refractivity contribution in [2.75, 3.05) is 0 Å². The molecule has 0 aliphatic carbocycles. The van der Waals surface area contributed by atoms with Gasteiger partial charge in [-0.2, -0.15) is 5.10 Å². The number of carbonyl (C=O) groups is 1. The zero-order valence-electron chi connectivity index (χ0n) is 11.3. The maximum atomic E-state index is 12.0. The summed E-state index contributed by atoms with van der Waals surface area (Å²) in [5, 5.41) is 7.25. The van der Waals surface area contributed by atoms with Crippen molar-refractivity contribution in [2.45, 2.75) is 32.7 Å². The number of para-hydroxylation sites is 1. The van der Waals surface area contributed by atoms with Crippen molar-refractivity contribution in [2.24, 2.45) is 0 Å². The van der Waals surface area contributed by atoms with Gasteiger partial charge in [-0.3, -0.25) is 4.79 Å². The normalized spacial score (nSPS) is 12.1. The number of benzene rings is 1. The van der Waals surface area contributed by atoms with Crippen LogP contribution in [0.2, 0.25) is 0 Å². The molecule has 2 rings (SSSR count). The van der Waals surface area contributed by atoms with Crippen molar-refractivity contribution in [1.82, 2.24) is 15.1 Å². The van der Waals surface area contributed by atoms with Crippen LogP contribution in [0.15, 0.2) is 42.6 Å². The van der Waals surface area contributed by atoms with Crippen LogP contribution in [-0.2, 0) is 0 Å². The van der Waals surface area contributed by atoms with E-state index in [9.17, 15) is 4.79 Å². The molecule has 0 aliphatic heterocycles. The maximum Gasteiger partial charge on any atom is 0.271 e. The highest BCUT2D eigenvalue weighted by atomic mass is 16.2. The van der Waals surface area contributed by atoms with Gasteiger partial charge in [-0.25, -0.2) is 4.68 Å².